The van der Waals surface area contributed by atoms with Crippen LogP contribution in [0, 0.1) is 5.41 Å². The van der Waals surface area contributed by atoms with E-state index in [1.54, 1.807) is 7.11 Å². The van der Waals surface area contributed by atoms with E-state index < -0.39 is 0 Å². The summed E-state index contributed by atoms with van der Waals surface area (Å²) in [5.41, 5.74) is 2.53. The Morgan fingerprint density at radius 2 is 1.87 bits per heavy atom. The lowest BCUT2D eigenvalue weighted by atomic mass is 9.89. The fourth-order valence-electron chi connectivity index (χ4n) is 2.94. The summed E-state index contributed by atoms with van der Waals surface area (Å²) in [5.74, 6) is 1.25. The molecule has 30 heavy (non-hydrogen) atoms. The zero-order chi connectivity index (χ0) is 21.7. The number of nitrogens with zero attached hydrogens (tertiary/aromatic N) is 1. The van der Waals surface area contributed by atoms with Gasteiger partial charge in [-0.3, -0.25) is 9.79 Å². The van der Waals surface area contributed by atoms with Gasteiger partial charge in [-0.1, -0.05) is 62.9 Å². The number of thioether (sulfide) groups is 1. The quantitative estimate of drug-likeness (QED) is 0.686. The molecule has 1 atom stereocenters. The van der Waals surface area contributed by atoms with Crippen molar-refractivity contribution in [2.45, 2.75) is 39.8 Å². The number of ether oxygens (including phenoxy) is 2. The summed E-state index contributed by atoms with van der Waals surface area (Å²) in [6.45, 7) is 8.30. The molecule has 2 aromatic carbocycles. The normalized spacial score (nSPS) is 16.4. The largest absolute Gasteiger partial charge is 0.493 e. The first-order chi connectivity index (χ1) is 14.3. The van der Waals surface area contributed by atoms with E-state index in [4.69, 9.17) is 14.5 Å². The Balaban J connectivity index is 1.90. The van der Waals surface area contributed by atoms with Crippen LogP contribution in [0.3, 0.4) is 0 Å². The standard InChI is InChI=1S/C24H28N2O3S/c1-16(27)25-23-26-22(24(2,3)4)14-21(30-23)18-11-12-19(28-5)20(13-18)29-15-17-9-7-6-8-10-17/h6-14,23H,15H2,1-5H3,(H,25,27). The van der Waals surface area contributed by atoms with Gasteiger partial charge in [0.05, 0.1) is 7.11 Å². The molecule has 1 N–H and O–H groups in total. The van der Waals surface area contributed by atoms with Crippen LogP contribution in [0.4, 0.5) is 0 Å². The van der Waals surface area contributed by atoms with E-state index in [0.717, 1.165) is 21.7 Å². The highest BCUT2D eigenvalue weighted by atomic mass is 32.2. The Labute approximate surface area is 182 Å². The van der Waals surface area contributed by atoms with Crippen LogP contribution in [0.1, 0.15) is 38.8 Å². The number of hydrogen-bond acceptors (Lipinski definition) is 5. The van der Waals surface area contributed by atoms with Gasteiger partial charge in [0.2, 0.25) is 5.91 Å². The lowest BCUT2D eigenvalue weighted by Gasteiger charge is -2.28. The molecule has 6 heteroatoms. The van der Waals surface area contributed by atoms with E-state index in [9.17, 15) is 4.79 Å². The number of nitrogens with one attached hydrogen (secondary N) is 1. The van der Waals surface area contributed by atoms with Crippen molar-refractivity contribution < 1.29 is 14.3 Å². The number of carbonyl (C=O) groups excluding carboxylic acids is 1. The summed E-state index contributed by atoms with van der Waals surface area (Å²) in [7, 11) is 1.64. The average molecular weight is 425 g/mol. The first-order valence-corrected chi connectivity index (χ1v) is 10.7. The first kappa shape index (κ1) is 22.0. The van der Waals surface area contributed by atoms with E-state index in [-0.39, 0.29) is 16.8 Å². The molecule has 0 fully saturated rings. The molecular formula is C24H28N2O3S. The van der Waals surface area contributed by atoms with Gasteiger partial charge in [0.15, 0.2) is 17.0 Å². The molecule has 1 unspecified atom stereocenters. The highest BCUT2D eigenvalue weighted by Crippen LogP contribution is 2.40. The minimum atomic E-state index is -0.354. The van der Waals surface area contributed by atoms with Crippen molar-refractivity contribution >= 4 is 28.3 Å². The van der Waals surface area contributed by atoms with E-state index >= 15 is 0 Å². The van der Waals surface area contributed by atoms with E-state index in [1.807, 2.05) is 48.5 Å². The van der Waals surface area contributed by atoms with Gasteiger partial charge < -0.3 is 14.8 Å². The number of carbonyl (C=O) groups is 1. The number of allylic oxidation sites excluding steroid dienone is 1. The van der Waals surface area contributed by atoms with Crippen molar-refractivity contribution in [3.8, 4) is 11.5 Å². The summed E-state index contributed by atoms with van der Waals surface area (Å²) in [6, 6.07) is 15.9. The fourth-order valence-corrected chi connectivity index (χ4v) is 4.02. The molecule has 0 spiro atoms. The zero-order valence-electron chi connectivity index (χ0n) is 18.1. The molecule has 1 heterocycles. The lowest BCUT2D eigenvalue weighted by molar-refractivity contribution is -0.119. The second kappa shape index (κ2) is 9.39. The molecule has 0 radical (unpaired) electrons. The van der Waals surface area contributed by atoms with Gasteiger partial charge in [0, 0.05) is 23.0 Å². The Morgan fingerprint density at radius 3 is 2.50 bits per heavy atom. The van der Waals surface area contributed by atoms with Gasteiger partial charge in [-0.15, -0.1) is 0 Å². The molecule has 0 aliphatic carbocycles. The maximum Gasteiger partial charge on any atom is 0.219 e. The summed E-state index contributed by atoms with van der Waals surface area (Å²) >= 11 is 1.51. The number of rotatable bonds is 6. The average Bonchev–Trinajstić information content (AvgIpc) is 2.71. The third-order valence-corrected chi connectivity index (χ3v) is 5.60. The molecule has 0 saturated heterocycles. The molecule has 1 aliphatic heterocycles. The van der Waals surface area contributed by atoms with Crippen molar-refractivity contribution in [2.24, 2.45) is 10.4 Å². The minimum Gasteiger partial charge on any atom is -0.493 e. The Bertz CT molecular complexity index is 962. The van der Waals surface area contributed by atoms with E-state index in [2.05, 4.69) is 32.2 Å². The van der Waals surface area contributed by atoms with Crippen molar-refractivity contribution in [3.63, 3.8) is 0 Å². The van der Waals surface area contributed by atoms with Crippen LogP contribution >= 0.6 is 11.8 Å². The van der Waals surface area contributed by atoms with Gasteiger partial charge >= 0.3 is 0 Å². The molecule has 5 nitrogen and oxygen atoms in total. The fraction of sp³-hybridized carbons (Fsp3) is 0.333. The predicted molar refractivity (Wildman–Crippen MR) is 124 cm³/mol. The number of methoxy groups -OCH3 is 1. The van der Waals surface area contributed by atoms with Crippen molar-refractivity contribution in [3.05, 3.63) is 65.7 Å². The van der Waals surface area contributed by atoms with Crippen LogP contribution in [0.15, 0.2) is 59.6 Å². The first-order valence-electron chi connectivity index (χ1n) is 9.85. The summed E-state index contributed by atoms with van der Waals surface area (Å²) in [6.07, 6.45) is 2.09. The molecule has 158 valence electrons. The molecular weight excluding hydrogens is 396 g/mol. The van der Waals surface area contributed by atoms with Gasteiger partial charge in [0.1, 0.15) is 6.61 Å². The second-order valence-electron chi connectivity index (χ2n) is 8.08. The number of aliphatic imine (C=N–C) groups is 1. The van der Waals surface area contributed by atoms with Gasteiger partial charge in [0.25, 0.3) is 0 Å². The lowest BCUT2D eigenvalue weighted by Crippen LogP contribution is -2.33. The number of amides is 1. The zero-order valence-corrected chi connectivity index (χ0v) is 18.9. The number of hydrogen-bond donors (Lipinski definition) is 1. The summed E-state index contributed by atoms with van der Waals surface area (Å²) < 4.78 is 11.6. The van der Waals surface area contributed by atoms with E-state index in [0.29, 0.717) is 18.1 Å². The summed E-state index contributed by atoms with van der Waals surface area (Å²) in [5, 5.41) is 2.91. The Hall–Kier alpha value is -2.73. The second-order valence-corrected chi connectivity index (χ2v) is 9.21. The van der Waals surface area contributed by atoms with Crippen molar-refractivity contribution in [2.75, 3.05) is 7.11 Å². The topological polar surface area (TPSA) is 59.9 Å². The van der Waals surface area contributed by atoms with Gasteiger partial charge in [-0.25, -0.2) is 0 Å². The van der Waals surface area contributed by atoms with Crippen LogP contribution in [0.2, 0.25) is 0 Å². The highest BCUT2D eigenvalue weighted by molar-refractivity contribution is 8.08. The van der Waals surface area contributed by atoms with Crippen molar-refractivity contribution in [1.82, 2.24) is 5.32 Å². The monoisotopic (exact) mass is 424 g/mol. The van der Waals surface area contributed by atoms with Crippen LogP contribution in [0.5, 0.6) is 11.5 Å². The summed E-state index contributed by atoms with van der Waals surface area (Å²) in [4.78, 5) is 17.4. The van der Waals surface area contributed by atoms with Crippen LogP contribution in [0.25, 0.3) is 4.91 Å². The third kappa shape index (κ3) is 5.66. The molecule has 0 aromatic heterocycles. The highest BCUT2D eigenvalue weighted by Gasteiger charge is 2.26. The predicted octanol–water partition coefficient (Wildman–Crippen LogP) is 5.27. The van der Waals surface area contributed by atoms with E-state index in [1.165, 1.54) is 18.7 Å². The maximum atomic E-state index is 11.6. The molecule has 3 rings (SSSR count). The van der Waals surface area contributed by atoms with Crippen LogP contribution < -0.4 is 14.8 Å². The smallest absolute Gasteiger partial charge is 0.219 e. The van der Waals surface area contributed by atoms with Gasteiger partial charge in [-0.05, 0) is 35.4 Å². The minimum absolute atomic E-state index is 0.104. The molecule has 2 aromatic rings. The molecule has 1 aliphatic rings. The SMILES string of the molecule is COc1ccc(C2=CC(C(C)(C)C)=NC(NC(C)=O)S2)cc1OCc1ccccc1. The van der Waals surface area contributed by atoms with Gasteiger partial charge in [-0.2, -0.15) is 0 Å². The Kier molecular flexibility index (Phi) is 6.87. The van der Waals surface area contributed by atoms with Crippen LogP contribution in [-0.2, 0) is 11.4 Å². The molecule has 0 saturated carbocycles. The molecule has 1 amide bonds. The van der Waals surface area contributed by atoms with Crippen molar-refractivity contribution in [1.29, 1.82) is 0 Å². The number of benzene rings is 2. The maximum absolute atomic E-state index is 11.6. The Morgan fingerprint density at radius 1 is 1.13 bits per heavy atom. The third-order valence-electron chi connectivity index (χ3n) is 4.54. The molecule has 0 bridgehead atoms. The van der Waals surface area contributed by atoms with Crippen LogP contribution in [-0.4, -0.2) is 24.2 Å².